The average Bonchev–Trinajstić information content (AvgIpc) is 2.83. The molecule has 1 N–H and O–H groups in total. The Morgan fingerprint density at radius 3 is 2.68 bits per heavy atom. The minimum absolute atomic E-state index is 0.0363. The van der Waals surface area contributed by atoms with Gasteiger partial charge in [-0.1, -0.05) is 18.2 Å². The van der Waals surface area contributed by atoms with Crippen LogP contribution in [0.4, 0.5) is 0 Å². The van der Waals surface area contributed by atoms with Gasteiger partial charge in [0.2, 0.25) is 6.41 Å². The molecule has 1 atom stereocenters. The lowest BCUT2D eigenvalue weighted by molar-refractivity contribution is -0.118. The number of rotatable bonds is 5. The van der Waals surface area contributed by atoms with E-state index in [1.807, 2.05) is 24.4 Å². The minimum Gasteiger partial charge on any atom is -0.508 e. The first-order valence-corrected chi connectivity index (χ1v) is 6.99. The van der Waals surface area contributed by atoms with Gasteiger partial charge in [-0.3, -0.25) is 4.79 Å². The first kappa shape index (κ1) is 13.6. The second kappa shape index (κ2) is 5.89. The van der Waals surface area contributed by atoms with Crippen molar-refractivity contribution in [1.29, 1.82) is 0 Å². The molecule has 0 aliphatic carbocycles. The van der Waals surface area contributed by atoms with E-state index in [0.29, 0.717) is 6.42 Å². The van der Waals surface area contributed by atoms with E-state index in [2.05, 4.69) is 6.07 Å². The second-order valence-electron chi connectivity index (χ2n) is 4.59. The fourth-order valence-electron chi connectivity index (χ4n) is 2.11. The van der Waals surface area contributed by atoms with Crippen molar-refractivity contribution >= 4 is 17.7 Å². The van der Waals surface area contributed by atoms with E-state index in [-0.39, 0.29) is 11.8 Å². The number of phenols is 1. The molecule has 0 fully saturated rings. The lowest BCUT2D eigenvalue weighted by Gasteiger charge is -2.25. The van der Waals surface area contributed by atoms with Crippen LogP contribution in [0.15, 0.2) is 35.7 Å². The Morgan fingerprint density at radius 1 is 1.37 bits per heavy atom. The number of benzene rings is 1. The SMILES string of the molecule is Cc1ccsc1C(Cc1ccccc1O)N(C)C=O. The third-order valence-corrected chi connectivity index (χ3v) is 4.39. The van der Waals surface area contributed by atoms with Crippen LogP contribution in [-0.4, -0.2) is 23.5 Å². The number of phenolic OH excluding ortho intramolecular Hbond substituents is 1. The van der Waals surface area contributed by atoms with Crippen LogP contribution < -0.4 is 0 Å². The minimum atomic E-state index is -0.0363. The van der Waals surface area contributed by atoms with Crippen LogP contribution in [0.1, 0.15) is 22.0 Å². The van der Waals surface area contributed by atoms with Crippen molar-refractivity contribution in [1.82, 2.24) is 4.90 Å². The summed E-state index contributed by atoms with van der Waals surface area (Å²) in [7, 11) is 1.77. The topological polar surface area (TPSA) is 40.5 Å². The Labute approximate surface area is 117 Å². The third-order valence-electron chi connectivity index (χ3n) is 3.27. The molecular weight excluding hydrogens is 258 g/mol. The van der Waals surface area contributed by atoms with Gasteiger partial charge in [0.05, 0.1) is 6.04 Å². The Bertz CT molecular complexity index is 565. The van der Waals surface area contributed by atoms with Crippen LogP contribution in [0.3, 0.4) is 0 Å². The van der Waals surface area contributed by atoms with E-state index in [4.69, 9.17) is 0 Å². The van der Waals surface area contributed by atoms with Crippen LogP contribution in [0.25, 0.3) is 0 Å². The monoisotopic (exact) mass is 275 g/mol. The van der Waals surface area contributed by atoms with Crippen molar-refractivity contribution in [3.05, 3.63) is 51.7 Å². The van der Waals surface area contributed by atoms with Crippen molar-refractivity contribution in [2.45, 2.75) is 19.4 Å². The molecule has 19 heavy (non-hydrogen) atoms. The van der Waals surface area contributed by atoms with Crippen LogP contribution in [0, 0.1) is 6.92 Å². The van der Waals surface area contributed by atoms with E-state index < -0.39 is 0 Å². The lowest BCUT2D eigenvalue weighted by atomic mass is 10.0. The number of carbonyl (C=O) groups excluding carboxylic acids is 1. The molecule has 2 rings (SSSR count). The van der Waals surface area contributed by atoms with Gasteiger partial charge in [-0.15, -0.1) is 11.3 Å². The molecule has 0 radical (unpaired) electrons. The molecule has 1 heterocycles. The average molecular weight is 275 g/mol. The highest BCUT2D eigenvalue weighted by Gasteiger charge is 2.20. The van der Waals surface area contributed by atoms with Gasteiger partial charge >= 0.3 is 0 Å². The number of hydrogen-bond acceptors (Lipinski definition) is 3. The molecule has 0 spiro atoms. The number of hydrogen-bond donors (Lipinski definition) is 1. The van der Waals surface area contributed by atoms with Gasteiger partial charge in [0.1, 0.15) is 5.75 Å². The summed E-state index contributed by atoms with van der Waals surface area (Å²) in [6.45, 7) is 2.04. The lowest BCUT2D eigenvalue weighted by Crippen LogP contribution is -2.24. The summed E-state index contributed by atoms with van der Waals surface area (Å²) < 4.78 is 0. The molecule has 0 aliphatic heterocycles. The molecule has 100 valence electrons. The van der Waals surface area contributed by atoms with Crippen LogP contribution >= 0.6 is 11.3 Å². The van der Waals surface area contributed by atoms with Gasteiger partial charge in [-0.05, 0) is 35.6 Å². The van der Waals surface area contributed by atoms with E-state index in [1.54, 1.807) is 35.4 Å². The van der Waals surface area contributed by atoms with Crippen molar-refractivity contribution in [2.75, 3.05) is 7.05 Å². The van der Waals surface area contributed by atoms with Gasteiger partial charge in [0.15, 0.2) is 0 Å². The predicted molar refractivity (Wildman–Crippen MR) is 77.4 cm³/mol. The van der Waals surface area contributed by atoms with Crippen molar-refractivity contribution in [3.8, 4) is 5.75 Å². The predicted octanol–water partition coefficient (Wildman–Crippen LogP) is 3.13. The standard InChI is InChI=1S/C15H17NO2S/c1-11-7-8-19-15(11)13(16(2)10-17)9-12-5-3-4-6-14(12)18/h3-8,10,13,18H,9H2,1-2H3. The van der Waals surface area contributed by atoms with Crippen molar-refractivity contribution in [3.63, 3.8) is 0 Å². The fourth-order valence-corrected chi connectivity index (χ4v) is 3.19. The zero-order chi connectivity index (χ0) is 13.8. The van der Waals surface area contributed by atoms with Gasteiger partial charge in [-0.2, -0.15) is 0 Å². The number of aromatic hydroxyl groups is 1. The summed E-state index contributed by atoms with van der Waals surface area (Å²) in [4.78, 5) is 13.9. The number of carbonyl (C=O) groups is 1. The summed E-state index contributed by atoms with van der Waals surface area (Å²) in [6.07, 6.45) is 1.45. The fraction of sp³-hybridized carbons (Fsp3) is 0.267. The maximum absolute atomic E-state index is 11.1. The molecule has 4 heteroatoms. The Kier molecular flexibility index (Phi) is 4.22. The van der Waals surface area contributed by atoms with Gasteiger partial charge in [0, 0.05) is 18.3 Å². The summed E-state index contributed by atoms with van der Waals surface area (Å²) in [5.41, 5.74) is 2.04. The van der Waals surface area contributed by atoms with Crippen LogP contribution in [0.5, 0.6) is 5.75 Å². The van der Waals surface area contributed by atoms with Crippen LogP contribution in [0.2, 0.25) is 0 Å². The number of amides is 1. The van der Waals surface area contributed by atoms with Gasteiger partial charge in [-0.25, -0.2) is 0 Å². The number of thiophene rings is 1. The highest BCUT2D eigenvalue weighted by Crippen LogP contribution is 2.32. The first-order valence-electron chi connectivity index (χ1n) is 6.11. The molecule has 1 aromatic heterocycles. The quantitative estimate of drug-likeness (QED) is 0.852. The molecule has 0 saturated carbocycles. The summed E-state index contributed by atoms with van der Waals surface area (Å²) >= 11 is 1.64. The van der Waals surface area contributed by atoms with Crippen molar-refractivity contribution in [2.24, 2.45) is 0 Å². The molecule has 0 saturated heterocycles. The molecule has 0 aliphatic rings. The number of nitrogens with zero attached hydrogens (tertiary/aromatic N) is 1. The third kappa shape index (κ3) is 2.96. The maximum atomic E-state index is 11.1. The zero-order valence-corrected chi connectivity index (χ0v) is 11.9. The normalized spacial score (nSPS) is 12.1. The maximum Gasteiger partial charge on any atom is 0.209 e. The van der Waals surface area contributed by atoms with E-state index in [1.165, 1.54) is 5.56 Å². The Balaban J connectivity index is 2.32. The Hall–Kier alpha value is -1.81. The summed E-state index contributed by atoms with van der Waals surface area (Å²) in [5, 5.41) is 11.9. The first-order chi connectivity index (χ1) is 9.13. The molecule has 3 nitrogen and oxygen atoms in total. The summed E-state index contributed by atoms with van der Waals surface area (Å²) in [6, 6.07) is 9.28. The highest BCUT2D eigenvalue weighted by molar-refractivity contribution is 7.10. The number of aryl methyl sites for hydroxylation is 1. The van der Waals surface area contributed by atoms with E-state index in [9.17, 15) is 9.90 Å². The molecular formula is C15H17NO2S. The largest absolute Gasteiger partial charge is 0.508 e. The molecule has 1 aromatic carbocycles. The molecule has 1 amide bonds. The van der Waals surface area contributed by atoms with E-state index in [0.717, 1.165) is 16.9 Å². The second-order valence-corrected chi connectivity index (χ2v) is 5.54. The van der Waals surface area contributed by atoms with E-state index >= 15 is 0 Å². The molecule has 2 aromatic rings. The molecule has 0 bridgehead atoms. The molecule has 1 unspecified atom stereocenters. The van der Waals surface area contributed by atoms with Crippen LogP contribution in [-0.2, 0) is 11.2 Å². The summed E-state index contributed by atoms with van der Waals surface area (Å²) in [5.74, 6) is 0.279. The Morgan fingerprint density at radius 2 is 2.11 bits per heavy atom. The smallest absolute Gasteiger partial charge is 0.209 e. The number of likely N-dealkylation sites (N-methyl/N-ethyl adjacent to an activating group) is 1. The van der Waals surface area contributed by atoms with Crippen molar-refractivity contribution < 1.29 is 9.90 Å². The van der Waals surface area contributed by atoms with Gasteiger partial charge in [0.25, 0.3) is 0 Å². The van der Waals surface area contributed by atoms with Gasteiger partial charge < -0.3 is 10.0 Å². The highest BCUT2D eigenvalue weighted by atomic mass is 32.1. The zero-order valence-electron chi connectivity index (χ0n) is 11.0. The number of para-hydroxylation sites is 1.